The smallest absolute Gasteiger partial charge is 0.253 e. The van der Waals surface area contributed by atoms with Crippen molar-refractivity contribution in [2.45, 2.75) is 19.6 Å². The van der Waals surface area contributed by atoms with Crippen molar-refractivity contribution in [2.75, 3.05) is 18.7 Å². The number of hydrogen-bond donors (Lipinski definition) is 2. The SMILES string of the molecule is C=CCOC(C)C(=O)Nc1ccccc1C(=O)NCc1ccc2c(c1)OCO2. The molecule has 0 fully saturated rings. The van der Waals surface area contributed by atoms with Gasteiger partial charge in [0.25, 0.3) is 11.8 Å². The van der Waals surface area contributed by atoms with E-state index in [0.717, 1.165) is 5.56 Å². The quantitative estimate of drug-likeness (QED) is 0.686. The summed E-state index contributed by atoms with van der Waals surface area (Å²) >= 11 is 0. The minimum atomic E-state index is -0.664. The molecule has 2 aromatic rings. The first kappa shape index (κ1) is 19.4. The zero-order chi connectivity index (χ0) is 19.9. The summed E-state index contributed by atoms with van der Waals surface area (Å²) < 4.78 is 15.9. The second kappa shape index (κ2) is 9.05. The van der Waals surface area contributed by atoms with Gasteiger partial charge in [0.1, 0.15) is 6.10 Å². The summed E-state index contributed by atoms with van der Waals surface area (Å²) in [4.78, 5) is 24.9. The number of nitrogens with one attached hydrogen (secondary N) is 2. The third-order valence-corrected chi connectivity index (χ3v) is 4.15. The van der Waals surface area contributed by atoms with E-state index in [1.54, 1.807) is 37.3 Å². The first-order valence-electron chi connectivity index (χ1n) is 8.87. The van der Waals surface area contributed by atoms with E-state index < -0.39 is 6.10 Å². The van der Waals surface area contributed by atoms with Gasteiger partial charge in [-0.1, -0.05) is 24.3 Å². The van der Waals surface area contributed by atoms with Gasteiger partial charge in [0.2, 0.25) is 6.79 Å². The van der Waals surface area contributed by atoms with E-state index in [0.29, 0.717) is 29.3 Å². The lowest BCUT2D eigenvalue weighted by molar-refractivity contribution is -0.125. The molecule has 2 aromatic carbocycles. The van der Waals surface area contributed by atoms with Crippen LogP contribution in [0.15, 0.2) is 55.1 Å². The first-order valence-corrected chi connectivity index (χ1v) is 8.87. The van der Waals surface area contributed by atoms with Gasteiger partial charge in [0.05, 0.1) is 17.9 Å². The summed E-state index contributed by atoms with van der Waals surface area (Å²) in [6, 6.07) is 12.3. The number of ether oxygens (including phenoxy) is 3. The Morgan fingerprint density at radius 2 is 2.00 bits per heavy atom. The molecule has 1 heterocycles. The molecule has 146 valence electrons. The van der Waals surface area contributed by atoms with Gasteiger partial charge in [-0.25, -0.2) is 0 Å². The Morgan fingerprint density at radius 1 is 1.21 bits per heavy atom. The molecule has 2 amide bonds. The second-order valence-corrected chi connectivity index (χ2v) is 6.17. The van der Waals surface area contributed by atoms with Crippen LogP contribution in [0.1, 0.15) is 22.8 Å². The van der Waals surface area contributed by atoms with E-state index in [4.69, 9.17) is 14.2 Å². The van der Waals surface area contributed by atoms with Crippen molar-refractivity contribution in [3.05, 3.63) is 66.2 Å². The van der Waals surface area contributed by atoms with Crippen LogP contribution in [0.4, 0.5) is 5.69 Å². The van der Waals surface area contributed by atoms with E-state index in [9.17, 15) is 9.59 Å². The van der Waals surface area contributed by atoms with E-state index in [-0.39, 0.29) is 25.2 Å². The zero-order valence-corrected chi connectivity index (χ0v) is 15.6. The molecule has 0 saturated carbocycles. The molecule has 0 aromatic heterocycles. The predicted molar refractivity (Wildman–Crippen MR) is 104 cm³/mol. The third kappa shape index (κ3) is 4.69. The van der Waals surface area contributed by atoms with Gasteiger partial charge in [0.15, 0.2) is 11.5 Å². The van der Waals surface area contributed by atoms with E-state index >= 15 is 0 Å². The van der Waals surface area contributed by atoms with Crippen LogP contribution < -0.4 is 20.1 Å². The van der Waals surface area contributed by atoms with Crippen LogP contribution >= 0.6 is 0 Å². The Bertz CT molecular complexity index is 881. The zero-order valence-electron chi connectivity index (χ0n) is 15.6. The topological polar surface area (TPSA) is 85.9 Å². The number of fused-ring (bicyclic) bond motifs is 1. The average molecular weight is 382 g/mol. The van der Waals surface area contributed by atoms with E-state index in [1.165, 1.54) is 0 Å². The van der Waals surface area contributed by atoms with Crippen LogP contribution in [0.25, 0.3) is 0 Å². The molecule has 7 heteroatoms. The fourth-order valence-corrected chi connectivity index (χ4v) is 2.64. The molecule has 0 aliphatic carbocycles. The molecular formula is C21H22N2O5. The summed E-state index contributed by atoms with van der Waals surface area (Å²) in [5, 5.41) is 5.59. The van der Waals surface area contributed by atoms with Crippen LogP contribution in [0.2, 0.25) is 0 Å². The minimum Gasteiger partial charge on any atom is -0.454 e. The van der Waals surface area contributed by atoms with Gasteiger partial charge in [-0.2, -0.15) is 0 Å². The minimum absolute atomic E-state index is 0.202. The summed E-state index contributed by atoms with van der Waals surface area (Å²) in [7, 11) is 0. The van der Waals surface area contributed by atoms with Crippen molar-refractivity contribution in [1.29, 1.82) is 0 Å². The normalized spacial score (nSPS) is 12.9. The lowest BCUT2D eigenvalue weighted by atomic mass is 10.1. The number of amides is 2. The van der Waals surface area contributed by atoms with E-state index in [2.05, 4.69) is 17.2 Å². The van der Waals surface area contributed by atoms with Gasteiger partial charge in [0, 0.05) is 6.54 Å². The third-order valence-electron chi connectivity index (χ3n) is 4.15. The standard InChI is InChI=1S/C21H22N2O5/c1-3-10-26-14(2)20(24)23-17-7-5-4-6-16(17)21(25)22-12-15-8-9-18-19(11-15)28-13-27-18/h3-9,11,14H,1,10,12-13H2,2H3,(H,22,25)(H,23,24). The number of rotatable bonds is 8. The fourth-order valence-electron chi connectivity index (χ4n) is 2.64. The molecule has 0 radical (unpaired) electrons. The predicted octanol–water partition coefficient (Wildman–Crippen LogP) is 2.87. The molecule has 0 spiro atoms. The van der Waals surface area contributed by atoms with Gasteiger partial charge in [-0.15, -0.1) is 6.58 Å². The van der Waals surface area contributed by atoms with Gasteiger partial charge in [-0.3, -0.25) is 9.59 Å². The largest absolute Gasteiger partial charge is 0.454 e. The maximum Gasteiger partial charge on any atom is 0.253 e. The Hall–Kier alpha value is -3.32. The number of benzene rings is 2. The van der Waals surface area contributed by atoms with Crippen LogP contribution in [-0.2, 0) is 16.1 Å². The molecule has 1 unspecified atom stereocenters. The van der Waals surface area contributed by atoms with Crippen LogP contribution in [0, 0.1) is 0 Å². The van der Waals surface area contributed by atoms with Crippen molar-refractivity contribution < 1.29 is 23.8 Å². The summed E-state index contributed by atoms with van der Waals surface area (Å²) in [6.45, 7) is 5.98. The molecule has 1 atom stereocenters. The van der Waals surface area contributed by atoms with E-state index in [1.807, 2.05) is 18.2 Å². The van der Waals surface area contributed by atoms with Crippen molar-refractivity contribution >= 4 is 17.5 Å². The highest BCUT2D eigenvalue weighted by atomic mass is 16.7. The maximum atomic E-state index is 12.6. The summed E-state index contributed by atoms with van der Waals surface area (Å²) in [6.07, 6.45) is 0.907. The second-order valence-electron chi connectivity index (χ2n) is 6.17. The van der Waals surface area contributed by atoms with Crippen molar-refractivity contribution in [3.8, 4) is 11.5 Å². The molecule has 3 rings (SSSR count). The number of para-hydroxylation sites is 1. The Balaban J connectivity index is 1.63. The number of anilines is 1. The lowest BCUT2D eigenvalue weighted by Gasteiger charge is -2.15. The van der Waals surface area contributed by atoms with Gasteiger partial charge in [-0.05, 0) is 36.8 Å². The highest BCUT2D eigenvalue weighted by molar-refractivity contribution is 6.04. The van der Waals surface area contributed by atoms with Crippen molar-refractivity contribution in [3.63, 3.8) is 0 Å². The summed E-state index contributed by atoms with van der Waals surface area (Å²) in [5.41, 5.74) is 1.67. The molecule has 2 N–H and O–H groups in total. The van der Waals surface area contributed by atoms with Crippen LogP contribution in [0.3, 0.4) is 0 Å². The molecule has 0 bridgehead atoms. The lowest BCUT2D eigenvalue weighted by Crippen LogP contribution is -2.30. The molecular weight excluding hydrogens is 360 g/mol. The Labute approximate surface area is 163 Å². The van der Waals surface area contributed by atoms with Crippen LogP contribution in [-0.4, -0.2) is 31.3 Å². The summed E-state index contributed by atoms with van der Waals surface area (Å²) in [5.74, 6) is 0.718. The van der Waals surface area contributed by atoms with Gasteiger partial charge >= 0.3 is 0 Å². The molecule has 0 saturated heterocycles. The number of carbonyl (C=O) groups excluding carboxylic acids is 2. The number of hydrogen-bond acceptors (Lipinski definition) is 5. The van der Waals surface area contributed by atoms with Crippen molar-refractivity contribution in [2.24, 2.45) is 0 Å². The average Bonchev–Trinajstić information content (AvgIpc) is 3.18. The van der Waals surface area contributed by atoms with Crippen molar-refractivity contribution in [1.82, 2.24) is 5.32 Å². The fraction of sp³-hybridized carbons (Fsp3) is 0.238. The highest BCUT2D eigenvalue weighted by Gasteiger charge is 2.18. The molecule has 7 nitrogen and oxygen atoms in total. The van der Waals surface area contributed by atoms with Gasteiger partial charge < -0.3 is 24.8 Å². The number of carbonyl (C=O) groups is 2. The monoisotopic (exact) mass is 382 g/mol. The Morgan fingerprint density at radius 3 is 2.82 bits per heavy atom. The molecule has 1 aliphatic heterocycles. The first-order chi connectivity index (χ1) is 13.6. The Kier molecular flexibility index (Phi) is 6.29. The highest BCUT2D eigenvalue weighted by Crippen LogP contribution is 2.32. The maximum absolute atomic E-state index is 12.6. The van der Waals surface area contributed by atoms with Crippen LogP contribution in [0.5, 0.6) is 11.5 Å². The molecule has 1 aliphatic rings. The molecule has 28 heavy (non-hydrogen) atoms.